The standard InChI is InChI=1S/C21H22N6O4/c1-11-2-5-17(12-3-4-15-16(7-12)26-21(31)25-15)27(10-11)20(30)19(29)24-14-6-13(18(22)28)8-23-9-14/h3-4,6-9,11,17H,2,5,10H2,1H3,(H2,22,28)(H,24,29)(H2,25,26,31)/t11-,17?/m1/s1. The van der Waals surface area contributed by atoms with Crippen LogP contribution in [0.3, 0.4) is 0 Å². The van der Waals surface area contributed by atoms with Crippen LogP contribution >= 0.6 is 0 Å². The number of hydrogen-bond donors (Lipinski definition) is 4. The molecule has 1 aliphatic rings. The Bertz CT molecular complexity index is 1230. The molecular formula is C21H22N6O4. The zero-order valence-electron chi connectivity index (χ0n) is 16.8. The number of rotatable bonds is 3. The summed E-state index contributed by atoms with van der Waals surface area (Å²) >= 11 is 0. The molecule has 0 saturated carbocycles. The predicted octanol–water partition coefficient (Wildman–Crippen LogP) is 1.29. The number of piperidine rings is 1. The highest BCUT2D eigenvalue weighted by molar-refractivity contribution is 6.39. The number of benzene rings is 1. The highest BCUT2D eigenvalue weighted by Gasteiger charge is 2.34. The van der Waals surface area contributed by atoms with Crippen molar-refractivity contribution in [1.29, 1.82) is 0 Å². The van der Waals surface area contributed by atoms with Crippen molar-refractivity contribution in [3.8, 4) is 0 Å². The Morgan fingerprint density at radius 1 is 1.13 bits per heavy atom. The van der Waals surface area contributed by atoms with Crippen LogP contribution in [0.15, 0.2) is 41.5 Å². The van der Waals surface area contributed by atoms with E-state index in [-0.39, 0.29) is 28.9 Å². The number of primary amides is 1. The summed E-state index contributed by atoms with van der Waals surface area (Å²) in [6, 6.07) is 6.53. The molecule has 10 nitrogen and oxygen atoms in total. The maximum absolute atomic E-state index is 13.1. The number of nitrogens with two attached hydrogens (primary N) is 1. The van der Waals surface area contributed by atoms with E-state index in [9.17, 15) is 19.2 Å². The van der Waals surface area contributed by atoms with Crippen molar-refractivity contribution in [2.75, 3.05) is 11.9 Å². The van der Waals surface area contributed by atoms with Gasteiger partial charge in [0.1, 0.15) is 0 Å². The second-order valence-corrected chi connectivity index (χ2v) is 7.82. The summed E-state index contributed by atoms with van der Waals surface area (Å²) in [6.45, 7) is 2.46. The molecule has 1 aliphatic heterocycles. The summed E-state index contributed by atoms with van der Waals surface area (Å²) in [5.41, 5.74) is 7.44. The number of aromatic nitrogens is 3. The monoisotopic (exact) mass is 422 g/mol. The third-order valence-corrected chi connectivity index (χ3v) is 5.48. The van der Waals surface area contributed by atoms with Crippen LogP contribution < -0.4 is 16.7 Å². The Hall–Kier alpha value is -3.95. The number of fused-ring (bicyclic) bond motifs is 1. The van der Waals surface area contributed by atoms with Gasteiger partial charge in [0.05, 0.1) is 34.5 Å². The summed E-state index contributed by atoms with van der Waals surface area (Å²) < 4.78 is 0. The van der Waals surface area contributed by atoms with E-state index in [0.29, 0.717) is 24.0 Å². The molecule has 1 unspecified atom stereocenters. The molecule has 10 heteroatoms. The minimum Gasteiger partial charge on any atom is -0.366 e. The quantitative estimate of drug-likeness (QED) is 0.468. The fraction of sp³-hybridized carbons (Fsp3) is 0.286. The molecule has 3 amide bonds. The highest BCUT2D eigenvalue weighted by atomic mass is 16.2. The topological polar surface area (TPSA) is 154 Å². The maximum atomic E-state index is 13.1. The third-order valence-electron chi connectivity index (χ3n) is 5.48. The van der Waals surface area contributed by atoms with Gasteiger partial charge < -0.3 is 25.9 Å². The van der Waals surface area contributed by atoms with Crippen molar-refractivity contribution in [2.45, 2.75) is 25.8 Å². The van der Waals surface area contributed by atoms with Gasteiger partial charge in [0.2, 0.25) is 5.91 Å². The van der Waals surface area contributed by atoms with E-state index < -0.39 is 17.7 Å². The highest BCUT2D eigenvalue weighted by Crippen LogP contribution is 2.34. The number of amides is 3. The Balaban J connectivity index is 1.58. The minimum absolute atomic E-state index is 0.128. The lowest BCUT2D eigenvalue weighted by Crippen LogP contribution is -2.46. The van der Waals surface area contributed by atoms with Crippen molar-refractivity contribution in [2.24, 2.45) is 11.7 Å². The average Bonchev–Trinajstić information content (AvgIpc) is 3.12. The molecule has 3 aromatic rings. The predicted molar refractivity (Wildman–Crippen MR) is 113 cm³/mol. The van der Waals surface area contributed by atoms with Crippen LogP contribution in [0, 0.1) is 5.92 Å². The van der Waals surface area contributed by atoms with E-state index in [1.54, 1.807) is 11.0 Å². The third kappa shape index (κ3) is 4.18. The van der Waals surface area contributed by atoms with Gasteiger partial charge in [-0.25, -0.2) is 4.79 Å². The fourth-order valence-corrected chi connectivity index (χ4v) is 3.94. The van der Waals surface area contributed by atoms with Gasteiger partial charge in [0.25, 0.3) is 0 Å². The second kappa shape index (κ2) is 8.05. The van der Waals surface area contributed by atoms with E-state index in [1.807, 2.05) is 19.1 Å². The van der Waals surface area contributed by atoms with Crippen LogP contribution in [0.5, 0.6) is 0 Å². The zero-order chi connectivity index (χ0) is 22.1. The molecule has 0 bridgehead atoms. The van der Waals surface area contributed by atoms with Crippen molar-refractivity contribution < 1.29 is 14.4 Å². The van der Waals surface area contributed by atoms with Crippen LogP contribution in [-0.2, 0) is 9.59 Å². The number of carbonyl (C=O) groups is 3. The first-order valence-corrected chi connectivity index (χ1v) is 9.90. The summed E-state index contributed by atoms with van der Waals surface area (Å²) in [5, 5.41) is 2.50. The summed E-state index contributed by atoms with van der Waals surface area (Å²) in [6.07, 6.45) is 4.22. The molecule has 2 aromatic heterocycles. The molecule has 1 saturated heterocycles. The second-order valence-electron chi connectivity index (χ2n) is 7.82. The molecule has 3 heterocycles. The van der Waals surface area contributed by atoms with Gasteiger partial charge in [-0.3, -0.25) is 19.4 Å². The molecule has 1 aromatic carbocycles. The SMILES string of the molecule is C[C@@H]1CCC(c2ccc3[nH]c(=O)[nH]c3c2)N(C(=O)C(=O)Nc2cncc(C(N)=O)c2)C1. The van der Waals surface area contributed by atoms with Gasteiger partial charge >= 0.3 is 17.5 Å². The Labute approximate surface area is 176 Å². The molecule has 0 radical (unpaired) electrons. The van der Waals surface area contributed by atoms with E-state index in [0.717, 1.165) is 12.0 Å². The van der Waals surface area contributed by atoms with E-state index in [4.69, 9.17) is 5.73 Å². The molecule has 160 valence electrons. The van der Waals surface area contributed by atoms with Crippen LogP contribution in [-0.4, -0.2) is 44.1 Å². The van der Waals surface area contributed by atoms with E-state index >= 15 is 0 Å². The summed E-state index contributed by atoms with van der Waals surface area (Å²) in [7, 11) is 0. The number of likely N-dealkylation sites (tertiary alicyclic amines) is 1. The maximum Gasteiger partial charge on any atom is 0.323 e. The fourth-order valence-electron chi connectivity index (χ4n) is 3.94. The smallest absolute Gasteiger partial charge is 0.323 e. The van der Waals surface area contributed by atoms with Gasteiger partial charge in [-0.2, -0.15) is 0 Å². The zero-order valence-corrected chi connectivity index (χ0v) is 16.8. The Kier molecular flexibility index (Phi) is 5.28. The number of hydrogen-bond acceptors (Lipinski definition) is 5. The summed E-state index contributed by atoms with van der Waals surface area (Å²) in [5.74, 6) is -1.94. The van der Waals surface area contributed by atoms with Crippen molar-refractivity contribution in [1.82, 2.24) is 19.9 Å². The number of anilines is 1. The average molecular weight is 422 g/mol. The first-order chi connectivity index (χ1) is 14.8. The molecule has 0 aliphatic carbocycles. The molecule has 4 rings (SSSR count). The first-order valence-electron chi connectivity index (χ1n) is 9.90. The lowest BCUT2D eigenvalue weighted by Gasteiger charge is -2.38. The van der Waals surface area contributed by atoms with Gasteiger partial charge in [-0.1, -0.05) is 13.0 Å². The van der Waals surface area contributed by atoms with Crippen LogP contribution in [0.2, 0.25) is 0 Å². The van der Waals surface area contributed by atoms with Crippen molar-refractivity contribution >= 4 is 34.4 Å². The first kappa shape index (κ1) is 20.3. The number of pyridine rings is 1. The number of nitrogens with zero attached hydrogens (tertiary/aromatic N) is 2. The van der Waals surface area contributed by atoms with E-state index in [1.165, 1.54) is 18.5 Å². The lowest BCUT2D eigenvalue weighted by molar-refractivity contribution is -0.146. The number of imidazole rings is 1. The van der Waals surface area contributed by atoms with Crippen molar-refractivity contribution in [3.63, 3.8) is 0 Å². The van der Waals surface area contributed by atoms with Gasteiger partial charge in [0.15, 0.2) is 0 Å². The molecule has 5 N–H and O–H groups in total. The van der Waals surface area contributed by atoms with Crippen LogP contribution in [0.4, 0.5) is 5.69 Å². The van der Waals surface area contributed by atoms with Crippen molar-refractivity contribution in [3.05, 3.63) is 58.3 Å². The minimum atomic E-state index is -0.821. The number of nitrogens with one attached hydrogen (secondary N) is 3. The largest absolute Gasteiger partial charge is 0.366 e. The number of aromatic amines is 2. The molecule has 31 heavy (non-hydrogen) atoms. The van der Waals surface area contributed by atoms with E-state index in [2.05, 4.69) is 20.3 Å². The van der Waals surface area contributed by atoms with Gasteiger partial charge in [0, 0.05) is 12.7 Å². The molecular weight excluding hydrogens is 400 g/mol. The molecule has 0 spiro atoms. The van der Waals surface area contributed by atoms with Crippen LogP contribution in [0.1, 0.15) is 41.7 Å². The Morgan fingerprint density at radius 3 is 2.68 bits per heavy atom. The normalized spacial score (nSPS) is 18.7. The number of H-pyrrole nitrogens is 2. The number of carbonyl (C=O) groups excluding carboxylic acids is 3. The lowest BCUT2D eigenvalue weighted by atomic mass is 9.89. The molecule has 2 atom stereocenters. The molecule has 1 fully saturated rings. The van der Waals surface area contributed by atoms with Crippen LogP contribution in [0.25, 0.3) is 11.0 Å². The van der Waals surface area contributed by atoms with Gasteiger partial charge in [-0.15, -0.1) is 0 Å². The van der Waals surface area contributed by atoms with Gasteiger partial charge in [-0.05, 0) is 42.5 Å². The Morgan fingerprint density at radius 2 is 1.90 bits per heavy atom. The summed E-state index contributed by atoms with van der Waals surface area (Å²) in [4.78, 5) is 59.5.